The predicted molar refractivity (Wildman–Crippen MR) is 54.7 cm³/mol. The van der Waals surface area contributed by atoms with Crippen molar-refractivity contribution in [1.82, 2.24) is 9.55 Å². The summed E-state index contributed by atoms with van der Waals surface area (Å²) in [7, 11) is 0. The molecule has 1 aromatic rings. The Morgan fingerprint density at radius 3 is 2.73 bits per heavy atom. The number of aromatic carboxylic acids is 1. The molecule has 6 heteroatoms. The molecule has 0 fully saturated rings. The number of nitrogen functional groups attached to an aromatic ring is 1. The summed E-state index contributed by atoms with van der Waals surface area (Å²) in [5, 5.41) is 8.78. The molecule has 0 aliphatic rings. The van der Waals surface area contributed by atoms with E-state index in [-0.39, 0.29) is 17.3 Å². The van der Waals surface area contributed by atoms with E-state index in [0.29, 0.717) is 6.54 Å². The maximum absolute atomic E-state index is 11.3. The van der Waals surface area contributed by atoms with Crippen molar-refractivity contribution < 1.29 is 9.90 Å². The summed E-state index contributed by atoms with van der Waals surface area (Å²) in [5.41, 5.74) is 4.91. The summed E-state index contributed by atoms with van der Waals surface area (Å²) in [4.78, 5) is 25.5. The molecular weight excluding hydrogens is 198 g/mol. The summed E-state index contributed by atoms with van der Waals surface area (Å²) in [6, 6.07) is 0. The number of rotatable bonds is 3. The van der Waals surface area contributed by atoms with Crippen LogP contribution in [0.1, 0.15) is 24.2 Å². The van der Waals surface area contributed by atoms with Crippen LogP contribution >= 0.6 is 0 Å². The van der Waals surface area contributed by atoms with Crippen molar-refractivity contribution in [3.8, 4) is 0 Å². The van der Waals surface area contributed by atoms with Crippen LogP contribution in [0.2, 0.25) is 0 Å². The van der Waals surface area contributed by atoms with Crippen LogP contribution < -0.4 is 11.4 Å². The highest BCUT2D eigenvalue weighted by Crippen LogP contribution is 2.09. The van der Waals surface area contributed by atoms with Crippen molar-refractivity contribution in [2.24, 2.45) is 5.92 Å². The van der Waals surface area contributed by atoms with E-state index in [2.05, 4.69) is 4.98 Å². The second kappa shape index (κ2) is 4.12. The number of anilines is 1. The molecular formula is C9H13N3O3. The second-order valence-corrected chi connectivity index (χ2v) is 3.65. The van der Waals surface area contributed by atoms with Crippen LogP contribution in [0.5, 0.6) is 0 Å². The predicted octanol–water partition coefficient (Wildman–Crippen LogP) is 0.180. The Kier molecular flexibility index (Phi) is 3.08. The molecule has 1 rings (SSSR count). The first-order chi connectivity index (χ1) is 6.93. The number of nitrogens with two attached hydrogens (primary N) is 1. The lowest BCUT2D eigenvalue weighted by Crippen LogP contribution is -2.29. The SMILES string of the molecule is CC(C)Cn1c(N)c(C(=O)O)cnc1=O. The number of carboxylic acids is 1. The average molecular weight is 211 g/mol. The standard InChI is InChI=1S/C9H13N3O3/c1-5(2)4-12-7(10)6(8(13)14)3-11-9(12)15/h3,5H,4,10H2,1-2H3,(H,13,14). The summed E-state index contributed by atoms with van der Waals surface area (Å²) in [5.74, 6) is -1.04. The quantitative estimate of drug-likeness (QED) is 0.743. The van der Waals surface area contributed by atoms with Crippen LogP contribution in [0.25, 0.3) is 0 Å². The van der Waals surface area contributed by atoms with E-state index < -0.39 is 11.7 Å². The van der Waals surface area contributed by atoms with E-state index >= 15 is 0 Å². The molecule has 0 atom stereocenters. The number of nitrogens with zero attached hydrogens (tertiary/aromatic N) is 2. The van der Waals surface area contributed by atoms with Gasteiger partial charge in [-0.05, 0) is 5.92 Å². The lowest BCUT2D eigenvalue weighted by Gasteiger charge is -2.12. The van der Waals surface area contributed by atoms with Gasteiger partial charge < -0.3 is 10.8 Å². The van der Waals surface area contributed by atoms with Gasteiger partial charge in [0.2, 0.25) is 0 Å². The van der Waals surface area contributed by atoms with Crippen LogP contribution in [0.3, 0.4) is 0 Å². The van der Waals surface area contributed by atoms with Crippen LogP contribution in [0.4, 0.5) is 5.82 Å². The number of carbonyl (C=O) groups is 1. The van der Waals surface area contributed by atoms with Crippen molar-refractivity contribution >= 4 is 11.8 Å². The summed E-state index contributed by atoms with van der Waals surface area (Å²) >= 11 is 0. The Bertz CT molecular complexity index is 437. The Hall–Kier alpha value is -1.85. The Balaban J connectivity index is 3.30. The molecule has 0 amide bonds. The maximum Gasteiger partial charge on any atom is 0.349 e. The van der Waals surface area contributed by atoms with Gasteiger partial charge in [0.05, 0.1) is 6.20 Å². The van der Waals surface area contributed by atoms with Crippen LogP contribution in [-0.4, -0.2) is 20.6 Å². The normalized spacial score (nSPS) is 10.6. The molecule has 0 spiro atoms. The minimum atomic E-state index is -1.18. The van der Waals surface area contributed by atoms with Gasteiger partial charge in [0.1, 0.15) is 11.4 Å². The van der Waals surface area contributed by atoms with Gasteiger partial charge in [-0.3, -0.25) is 4.57 Å². The molecule has 0 saturated carbocycles. The van der Waals surface area contributed by atoms with Gasteiger partial charge in [-0.1, -0.05) is 13.8 Å². The summed E-state index contributed by atoms with van der Waals surface area (Å²) in [6.07, 6.45) is 0.983. The fourth-order valence-corrected chi connectivity index (χ4v) is 1.21. The van der Waals surface area contributed by atoms with E-state index in [4.69, 9.17) is 10.8 Å². The van der Waals surface area contributed by atoms with Crippen LogP contribution in [0.15, 0.2) is 11.0 Å². The molecule has 15 heavy (non-hydrogen) atoms. The lowest BCUT2D eigenvalue weighted by molar-refractivity contribution is 0.0696. The van der Waals surface area contributed by atoms with Gasteiger partial charge in [0.25, 0.3) is 0 Å². The third-order valence-electron chi connectivity index (χ3n) is 1.88. The summed E-state index contributed by atoms with van der Waals surface area (Å²) in [6.45, 7) is 4.16. The van der Waals surface area contributed by atoms with Gasteiger partial charge >= 0.3 is 11.7 Å². The second-order valence-electron chi connectivity index (χ2n) is 3.65. The molecule has 1 heterocycles. The highest BCUT2D eigenvalue weighted by atomic mass is 16.4. The smallest absolute Gasteiger partial charge is 0.349 e. The van der Waals surface area contributed by atoms with Crippen molar-refractivity contribution in [3.05, 3.63) is 22.2 Å². The fraction of sp³-hybridized carbons (Fsp3) is 0.444. The number of aromatic nitrogens is 2. The Labute approximate surface area is 86.4 Å². The molecule has 0 unspecified atom stereocenters. The molecule has 0 aromatic carbocycles. The van der Waals surface area contributed by atoms with E-state index in [9.17, 15) is 9.59 Å². The van der Waals surface area contributed by atoms with E-state index in [1.807, 2.05) is 13.8 Å². The molecule has 3 N–H and O–H groups in total. The molecule has 0 aliphatic heterocycles. The van der Waals surface area contributed by atoms with Gasteiger partial charge in [-0.25, -0.2) is 14.6 Å². The zero-order chi connectivity index (χ0) is 11.6. The van der Waals surface area contributed by atoms with E-state index in [1.54, 1.807) is 0 Å². The minimum absolute atomic E-state index is 0.0452. The van der Waals surface area contributed by atoms with Crippen LogP contribution in [0, 0.1) is 5.92 Å². The topological polar surface area (TPSA) is 98.2 Å². The van der Waals surface area contributed by atoms with Gasteiger partial charge in [0.15, 0.2) is 0 Å². The van der Waals surface area contributed by atoms with Gasteiger partial charge in [-0.2, -0.15) is 0 Å². The lowest BCUT2D eigenvalue weighted by atomic mass is 10.2. The zero-order valence-electron chi connectivity index (χ0n) is 8.60. The van der Waals surface area contributed by atoms with Crippen molar-refractivity contribution in [2.45, 2.75) is 20.4 Å². The molecule has 0 bridgehead atoms. The Morgan fingerprint density at radius 1 is 1.67 bits per heavy atom. The molecule has 82 valence electrons. The monoisotopic (exact) mass is 211 g/mol. The van der Waals surface area contributed by atoms with Crippen LogP contribution in [-0.2, 0) is 6.54 Å². The first-order valence-electron chi connectivity index (χ1n) is 4.52. The third kappa shape index (κ3) is 2.34. The summed E-state index contributed by atoms with van der Waals surface area (Å²) < 4.78 is 1.17. The number of hydrogen-bond acceptors (Lipinski definition) is 4. The van der Waals surface area contributed by atoms with E-state index in [0.717, 1.165) is 6.20 Å². The third-order valence-corrected chi connectivity index (χ3v) is 1.88. The molecule has 6 nitrogen and oxygen atoms in total. The molecule has 1 aromatic heterocycles. The number of carboxylic acid groups (broad SMARTS) is 1. The van der Waals surface area contributed by atoms with Gasteiger partial charge in [0, 0.05) is 6.54 Å². The first-order valence-corrected chi connectivity index (χ1v) is 4.52. The average Bonchev–Trinajstić information content (AvgIpc) is 2.11. The van der Waals surface area contributed by atoms with Crippen molar-refractivity contribution in [1.29, 1.82) is 0 Å². The van der Waals surface area contributed by atoms with Gasteiger partial charge in [-0.15, -0.1) is 0 Å². The van der Waals surface area contributed by atoms with Crippen molar-refractivity contribution in [3.63, 3.8) is 0 Å². The van der Waals surface area contributed by atoms with E-state index in [1.165, 1.54) is 4.57 Å². The molecule has 0 aliphatic carbocycles. The fourth-order valence-electron chi connectivity index (χ4n) is 1.21. The first kappa shape index (κ1) is 11.2. The largest absolute Gasteiger partial charge is 0.478 e. The molecule has 0 saturated heterocycles. The highest BCUT2D eigenvalue weighted by Gasteiger charge is 2.14. The highest BCUT2D eigenvalue weighted by molar-refractivity contribution is 5.92. The van der Waals surface area contributed by atoms with Crippen molar-refractivity contribution in [2.75, 3.05) is 5.73 Å². The maximum atomic E-state index is 11.3. The Morgan fingerprint density at radius 2 is 2.27 bits per heavy atom. The zero-order valence-corrected chi connectivity index (χ0v) is 8.60. The molecule has 0 radical (unpaired) electrons. The minimum Gasteiger partial charge on any atom is -0.478 e. The number of hydrogen-bond donors (Lipinski definition) is 2.